The highest BCUT2D eigenvalue weighted by atomic mass is 32.2. The molecule has 2 aliphatic heterocycles. The molecule has 20 heteroatoms. The van der Waals surface area contributed by atoms with E-state index in [4.69, 9.17) is 13.8 Å². The van der Waals surface area contributed by atoms with Crippen molar-refractivity contribution < 1.29 is 48.6 Å². The first-order valence-corrected chi connectivity index (χ1v) is 23.5. The second-order valence-electron chi connectivity index (χ2n) is 15.8. The lowest BCUT2D eigenvalue weighted by atomic mass is 9.89. The van der Waals surface area contributed by atoms with Gasteiger partial charge in [0.2, 0.25) is 5.88 Å². The molecule has 2 fully saturated rings. The molecule has 2 saturated heterocycles. The van der Waals surface area contributed by atoms with Crippen LogP contribution in [0.5, 0.6) is 5.88 Å². The maximum absolute atomic E-state index is 13.3. The number of piperazine rings is 1. The maximum atomic E-state index is 13.3. The fraction of sp³-hybridized carbons (Fsp3) is 0.333. The van der Waals surface area contributed by atoms with E-state index in [1.807, 2.05) is 19.9 Å². The normalized spacial score (nSPS) is 15.4. The zero-order valence-corrected chi connectivity index (χ0v) is 37.6. The smallest absolute Gasteiger partial charge is 0.416 e. The van der Waals surface area contributed by atoms with Gasteiger partial charge in [0, 0.05) is 39.3 Å². The molecule has 4 aromatic carbocycles. The number of aromatic amines is 1. The number of methoxy groups -OCH3 is 1. The molecule has 2 aliphatic rings. The van der Waals surface area contributed by atoms with Gasteiger partial charge in [-0.05, 0) is 105 Å². The Hall–Kier alpha value is -5.77. The number of imidazole rings is 1. The van der Waals surface area contributed by atoms with Gasteiger partial charge in [0.15, 0.2) is 5.82 Å². The van der Waals surface area contributed by atoms with Gasteiger partial charge in [-0.25, -0.2) is 9.97 Å². The summed E-state index contributed by atoms with van der Waals surface area (Å²) in [4.78, 5) is 35.9. The maximum Gasteiger partial charge on any atom is 0.416 e. The number of H-pyrrole nitrogens is 1. The second kappa shape index (κ2) is 21.0. The molecule has 0 atom stereocenters. The first-order chi connectivity index (χ1) is 30.7. The number of halogens is 3. The number of aryl methyl sites for hydroxylation is 2. The van der Waals surface area contributed by atoms with Crippen LogP contribution in [0.4, 0.5) is 13.2 Å². The lowest BCUT2D eigenvalue weighted by molar-refractivity contribution is -0.137. The number of piperidine rings is 1. The summed E-state index contributed by atoms with van der Waals surface area (Å²) in [5.41, 5.74) is 5.88. The average molecular weight is 938 g/mol. The number of hydrogen-bond donors (Lipinski definition) is 3. The molecule has 6 aromatic rings. The Morgan fingerprint density at radius 1 is 0.738 bits per heavy atom. The van der Waals surface area contributed by atoms with Gasteiger partial charge in [0.05, 0.1) is 51.6 Å². The van der Waals surface area contributed by atoms with Gasteiger partial charge in [-0.2, -0.15) is 30.0 Å². The van der Waals surface area contributed by atoms with Crippen LogP contribution >= 0.6 is 0 Å². The molecule has 2 aromatic heterocycles. The van der Waals surface area contributed by atoms with Crippen molar-refractivity contribution >= 4 is 37.2 Å². The number of amides is 1. The van der Waals surface area contributed by atoms with Crippen molar-refractivity contribution in [2.24, 2.45) is 0 Å². The van der Waals surface area contributed by atoms with Crippen molar-refractivity contribution in [1.82, 2.24) is 34.6 Å². The van der Waals surface area contributed by atoms with Gasteiger partial charge < -0.3 is 14.6 Å². The zero-order chi connectivity index (χ0) is 46.9. The summed E-state index contributed by atoms with van der Waals surface area (Å²) in [5, 5.41) is 0. The number of hydrogen-bond acceptors (Lipinski definition) is 11. The van der Waals surface area contributed by atoms with Gasteiger partial charge in [-0.3, -0.25) is 28.7 Å². The minimum Gasteiger partial charge on any atom is -0.480 e. The van der Waals surface area contributed by atoms with Crippen LogP contribution in [0.3, 0.4) is 0 Å². The number of benzene rings is 4. The molecule has 0 bridgehead atoms. The molecule has 0 unspecified atom stereocenters. The first kappa shape index (κ1) is 48.7. The highest BCUT2D eigenvalue weighted by Crippen LogP contribution is 2.31. The van der Waals surface area contributed by atoms with Gasteiger partial charge >= 0.3 is 6.18 Å². The van der Waals surface area contributed by atoms with E-state index >= 15 is 0 Å². The minimum absolute atomic E-state index is 0.0666. The number of likely N-dealkylation sites (tertiary alicyclic amines) is 1. The highest BCUT2D eigenvalue weighted by Gasteiger charge is 2.30. The van der Waals surface area contributed by atoms with Gasteiger partial charge in [-0.1, -0.05) is 53.6 Å². The summed E-state index contributed by atoms with van der Waals surface area (Å²) in [6.07, 6.45) is 1.14. The van der Waals surface area contributed by atoms with Crippen LogP contribution in [-0.4, -0.2) is 113 Å². The lowest BCUT2D eigenvalue weighted by Gasteiger charge is -2.34. The van der Waals surface area contributed by atoms with Crippen molar-refractivity contribution in [3.8, 4) is 5.88 Å². The Bertz CT molecular complexity index is 2670. The van der Waals surface area contributed by atoms with Crippen molar-refractivity contribution in [2.45, 2.75) is 61.7 Å². The van der Waals surface area contributed by atoms with Crippen molar-refractivity contribution in [3.05, 3.63) is 143 Å². The summed E-state index contributed by atoms with van der Waals surface area (Å²) in [6.45, 7) is 9.26. The molecule has 0 saturated carbocycles. The zero-order valence-electron chi connectivity index (χ0n) is 35.9. The summed E-state index contributed by atoms with van der Waals surface area (Å²) >= 11 is 0. The molecule has 65 heavy (non-hydrogen) atoms. The molecule has 15 nitrogen and oxygen atoms in total. The fourth-order valence-corrected chi connectivity index (χ4v) is 8.26. The number of ether oxygens (including phenoxy) is 1. The Labute approximate surface area is 375 Å². The van der Waals surface area contributed by atoms with Gasteiger partial charge in [-0.15, -0.1) is 0 Å². The van der Waals surface area contributed by atoms with E-state index in [2.05, 4.69) is 41.9 Å². The van der Waals surface area contributed by atoms with Crippen LogP contribution in [0.2, 0.25) is 0 Å². The van der Waals surface area contributed by atoms with Crippen LogP contribution in [0, 0.1) is 13.8 Å². The number of fused-ring (bicyclic) bond motifs is 1. The third-order valence-corrected chi connectivity index (χ3v) is 12.8. The Morgan fingerprint density at radius 2 is 1.29 bits per heavy atom. The van der Waals surface area contributed by atoms with E-state index < -0.39 is 32.0 Å². The van der Waals surface area contributed by atoms with E-state index in [0.29, 0.717) is 50.3 Å². The molecular formula is C45H50F3N7O8S2. The number of carbonyl (C=O) groups excluding carboxylic acids is 1. The predicted molar refractivity (Wildman–Crippen MR) is 237 cm³/mol. The summed E-state index contributed by atoms with van der Waals surface area (Å²) in [5.74, 6) is 1.14. The molecule has 8 rings (SSSR count). The highest BCUT2D eigenvalue weighted by molar-refractivity contribution is 7.86. The minimum atomic E-state index is -4.34. The standard InChI is InChI=1S/C31H34F3N7O2.2C7H8O3S/c1-43-28-18-35-25(17-36-28)20-39-10-8-22(9-11-39)23-4-7-26-27(16-23)38-29(37-26)30(42)41-14-12-40(13-15-41)19-21-2-5-24(6-3-21)31(32,33)34;2*1-6-2-4-7(5-3-6)11(8,9)10/h2-7,16-18,22H,8-15,19-20H2,1H3,(H,37,38);2*2-5H,1H3,(H,8,9,10). The molecule has 1 amide bonds. The molecule has 346 valence electrons. The SMILES string of the molecule is COc1cnc(CN2CCC(c3ccc4nc(C(=O)N5CCN(Cc6ccc(C(F)(F)F)cc6)CC5)[nH]c4c3)CC2)cn1.Cc1ccc(S(=O)(=O)O)cc1.Cc1ccc(S(=O)(=O)O)cc1. The monoisotopic (exact) mass is 937 g/mol. The van der Waals surface area contributed by atoms with Gasteiger partial charge in [0.1, 0.15) is 0 Å². The molecule has 0 spiro atoms. The van der Waals surface area contributed by atoms with Gasteiger partial charge in [0.25, 0.3) is 26.1 Å². The molecule has 4 heterocycles. The predicted octanol–water partition coefficient (Wildman–Crippen LogP) is 7.20. The Morgan fingerprint density at radius 3 is 1.78 bits per heavy atom. The number of aromatic nitrogens is 4. The van der Waals surface area contributed by atoms with Crippen molar-refractivity contribution in [2.75, 3.05) is 46.4 Å². The topological polar surface area (TPSA) is 199 Å². The van der Waals surface area contributed by atoms with E-state index in [-0.39, 0.29) is 15.7 Å². The van der Waals surface area contributed by atoms with Crippen LogP contribution < -0.4 is 4.74 Å². The molecule has 3 N–H and O–H groups in total. The van der Waals surface area contributed by atoms with E-state index in [9.17, 15) is 34.8 Å². The first-order valence-electron chi connectivity index (χ1n) is 20.6. The van der Waals surface area contributed by atoms with Crippen molar-refractivity contribution in [1.29, 1.82) is 0 Å². The summed E-state index contributed by atoms with van der Waals surface area (Å²) < 4.78 is 103. The third kappa shape index (κ3) is 13.9. The molecule has 0 aliphatic carbocycles. The summed E-state index contributed by atoms with van der Waals surface area (Å²) in [6, 6.07) is 23.5. The molecular weight excluding hydrogens is 888 g/mol. The number of nitrogens with zero attached hydrogens (tertiary/aromatic N) is 6. The van der Waals surface area contributed by atoms with Crippen LogP contribution in [0.1, 0.15) is 62.9 Å². The van der Waals surface area contributed by atoms with Crippen LogP contribution in [-0.2, 0) is 39.5 Å². The van der Waals surface area contributed by atoms with Crippen molar-refractivity contribution in [3.63, 3.8) is 0 Å². The number of alkyl halides is 3. The third-order valence-electron chi connectivity index (χ3n) is 11.0. The second-order valence-corrected chi connectivity index (χ2v) is 18.6. The largest absolute Gasteiger partial charge is 0.480 e. The number of rotatable bonds is 9. The van der Waals surface area contributed by atoms with Crippen LogP contribution in [0.15, 0.2) is 113 Å². The number of nitrogens with one attached hydrogen (secondary N) is 1. The fourth-order valence-electron chi connectivity index (χ4n) is 7.30. The Balaban J connectivity index is 0.000000259. The number of carbonyl (C=O) groups is 1. The van der Waals surface area contributed by atoms with Crippen LogP contribution in [0.25, 0.3) is 11.0 Å². The van der Waals surface area contributed by atoms with E-state index in [1.54, 1.807) is 48.7 Å². The summed E-state index contributed by atoms with van der Waals surface area (Å²) in [7, 11) is -6.46. The van der Waals surface area contributed by atoms with E-state index in [0.717, 1.165) is 78.0 Å². The molecule has 0 radical (unpaired) electrons. The Kier molecular flexibility index (Phi) is 15.8. The average Bonchev–Trinajstić information content (AvgIpc) is 3.71. The quantitative estimate of drug-likeness (QED) is 0.123. The lowest BCUT2D eigenvalue weighted by Crippen LogP contribution is -2.48. The van der Waals surface area contributed by atoms with E-state index in [1.165, 1.54) is 42.0 Å².